The summed E-state index contributed by atoms with van der Waals surface area (Å²) in [5.41, 5.74) is 3.54. The molecule has 6 nitrogen and oxygen atoms in total. The maximum atomic E-state index is 11.1. The molecule has 2 aromatic rings. The van der Waals surface area contributed by atoms with Crippen molar-refractivity contribution in [1.82, 2.24) is 9.88 Å². The third-order valence-corrected chi connectivity index (χ3v) is 4.46. The number of para-hydroxylation sites is 1. The number of ether oxygens (including phenoxy) is 1. The van der Waals surface area contributed by atoms with Crippen LogP contribution in [0.5, 0.6) is 0 Å². The maximum absolute atomic E-state index is 11.1. The fraction of sp³-hybridized carbons (Fsp3) is 0.529. The summed E-state index contributed by atoms with van der Waals surface area (Å²) in [7, 11) is 2.16. The molecule has 1 aliphatic rings. The van der Waals surface area contributed by atoms with Crippen molar-refractivity contribution in [1.29, 1.82) is 0 Å². The molecule has 0 unspecified atom stereocenters. The molecule has 23 heavy (non-hydrogen) atoms. The first kappa shape index (κ1) is 15.8. The van der Waals surface area contributed by atoms with E-state index in [4.69, 9.17) is 4.74 Å². The van der Waals surface area contributed by atoms with Crippen LogP contribution in [-0.2, 0) is 22.7 Å². The monoisotopic (exact) mass is 317 g/mol. The smallest absolute Gasteiger partial charge is 0.303 e. The molecule has 0 atom stereocenters. The Hall–Kier alpha value is -2.08. The van der Waals surface area contributed by atoms with Crippen molar-refractivity contribution in [2.24, 2.45) is 0 Å². The van der Waals surface area contributed by atoms with Crippen molar-refractivity contribution < 1.29 is 14.1 Å². The van der Waals surface area contributed by atoms with E-state index in [1.54, 1.807) is 0 Å². The van der Waals surface area contributed by atoms with Gasteiger partial charge in [0.1, 0.15) is 0 Å². The lowest BCUT2D eigenvalue weighted by atomic mass is 10.2. The highest BCUT2D eigenvalue weighted by Crippen LogP contribution is 2.25. The molecule has 0 aliphatic carbocycles. The molecule has 0 radical (unpaired) electrons. The van der Waals surface area contributed by atoms with E-state index in [1.807, 2.05) is 0 Å². The summed E-state index contributed by atoms with van der Waals surface area (Å²) in [4.78, 5) is 19.3. The number of aromatic amines is 1. The van der Waals surface area contributed by atoms with Gasteiger partial charge in [0.15, 0.2) is 17.6 Å². The van der Waals surface area contributed by atoms with Gasteiger partial charge in [-0.05, 0) is 26.1 Å². The van der Waals surface area contributed by atoms with Gasteiger partial charge >= 0.3 is 5.97 Å². The average Bonchev–Trinajstić information content (AvgIpc) is 2.91. The van der Waals surface area contributed by atoms with Crippen LogP contribution in [0.15, 0.2) is 18.2 Å². The topological polar surface area (TPSA) is 52.5 Å². The molecule has 3 rings (SSSR count). The normalized spacial score (nSPS) is 16.0. The number of aromatic nitrogens is 2. The van der Waals surface area contributed by atoms with Crippen molar-refractivity contribution in [3.63, 3.8) is 0 Å². The summed E-state index contributed by atoms with van der Waals surface area (Å²) in [6.07, 6.45) is 0. The molecule has 0 spiro atoms. The SMILES string of the molecule is CC[n+]1c(COC(C)=O)[nH]c2cccc(N3CCN(C)CC3)c21. The number of likely N-dealkylation sites (N-methyl/N-ethyl adjacent to an activating group) is 1. The average molecular weight is 317 g/mol. The van der Waals surface area contributed by atoms with Crippen LogP contribution in [-0.4, -0.2) is 49.1 Å². The lowest BCUT2D eigenvalue weighted by Gasteiger charge is -2.33. The molecule has 0 saturated carbocycles. The zero-order valence-corrected chi connectivity index (χ0v) is 14.1. The lowest BCUT2D eigenvalue weighted by molar-refractivity contribution is -0.676. The van der Waals surface area contributed by atoms with Crippen LogP contribution in [0, 0.1) is 0 Å². The summed E-state index contributed by atoms with van der Waals surface area (Å²) in [6.45, 7) is 8.88. The number of hydrogen-bond donors (Lipinski definition) is 1. The van der Waals surface area contributed by atoms with Crippen molar-refractivity contribution in [2.45, 2.75) is 27.0 Å². The second kappa shape index (κ2) is 6.58. The molecule has 1 N–H and O–H groups in total. The minimum atomic E-state index is -0.259. The van der Waals surface area contributed by atoms with E-state index >= 15 is 0 Å². The number of hydrogen-bond acceptors (Lipinski definition) is 4. The second-order valence-corrected chi connectivity index (χ2v) is 6.06. The highest BCUT2D eigenvalue weighted by molar-refractivity contribution is 5.86. The molecular weight excluding hydrogens is 292 g/mol. The largest absolute Gasteiger partial charge is 0.453 e. The number of rotatable bonds is 4. The summed E-state index contributed by atoms with van der Waals surface area (Å²) < 4.78 is 7.40. The maximum Gasteiger partial charge on any atom is 0.303 e. The van der Waals surface area contributed by atoms with Crippen LogP contribution >= 0.6 is 0 Å². The number of carbonyl (C=O) groups is 1. The van der Waals surface area contributed by atoms with Gasteiger partial charge in [-0.1, -0.05) is 6.07 Å². The van der Waals surface area contributed by atoms with Gasteiger partial charge in [0.25, 0.3) is 5.82 Å². The van der Waals surface area contributed by atoms with Crippen LogP contribution in [0.2, 0.25) is 0 Å². The first-order valence-electron chi connectivity index (χ1n) is 8.20. The fourth-order valence-electron chi connectivity index (χ4n) is 3.21. The van der Waals surface area contributed by atoms with Crippen molar-refractivity contribution in [2.75, 3.05) is 38.1 Å². The molecule has 124 valence electrons. The van der Waals surface area contributed by atoms with Crippen molar-refractivity contribution in [3.05, 3.63) is 24.0 Å². The molecule has 1 aromatic heterocycles. The quantitative estimate of drug-likeness (QED) is 0.682. The van der Waals surface area contributed by atoms with Gasteiger partial charge in [-0.3, -0.25) is 4.79 Å². The minimum Gasteiger partial charge on any atom is -0.453 e. The molecule has 1 aliphatic heterocycles. The molecule has 2 heterocycles. The number of piperazine rings is 1. The zero-order chi connectivity index (χ0) is 16.4. The summed E-state index contributed by atoms with van der Waals surface area (Å²) in [6, 6.07) is 6.35. The Bertz CT molecular complexity index is 702. The summed E-state index contributed by atoms with van der Waals surface area (Å²) >= 11 is 0. The number of H-pyrrole nitrogens is 1. The van der Waals surface area contributed by atoms with E-state index < -0.39 is 0 Å². The highest BCUT2D eigenvalue weighted by atomic mass is 16.5. The van der Waals surface area contributed by atoms with Crippen LogP contribution in [0.4, 0.5) is 5.69 Å². The van der Waals surface area contributed by atoms with Gasteiger partial charge in [0.2, 0.25) is 0 Å². The number of esters is 1. The van der Waals surface area contributed by atoms with Crippen LogP contribution in [0.25, 0.3) is 11.0 Å². The van der Waals surface area contributed by atoms with Gasteiger partial charge in [0.05, 0.1) is 12.2 Å². The molecule has 1 saturated heterocycles. The number of aryl methyl sites for hydroxylation is 1. The van der Waals surface area contributed by atoms with E-state index in [-0.39, 0.29) is 12.6 Å². The lowest BCUT2D eigenvalue weighted by Crippen LogP contribution is -2.45. The Balaban J connectivity index is 2.00. The number of nitrogens with zero attached hydrogens (tertiary/aromatic N) is 3. The Morgan fingerprint density at radius 2 is 2.04 bits per heavy atom. The number of carbonyl (C=O) groups excluding carboxylic acids is 1. The number of imidazole rings is 1. The van der Waals surface area contributed by atoms with E-state index in [2.05, 4.69) is 51.5 Å². The van der Waals surface area contributed by atoms with E-state index in [9.17, 15) is 4.79 Å². The summed E-state index contributed by atoms with van der Waals surface area (Å²) in [5.74, 6) is 0.671. The Kier molecular flexibility index (Phi) is 4.52. The van der Waals surface area contributed by atoms with Gasteiger partial charge in [-0.2, -0.15) is 0 Å². The second-order valence-electron chi connectivity index (χ2n) is 6.06. The fourth-order valence-corrected chi connectivity index (χ4v) is 3.21. The van der Waals surface area contributed by atoms with Gasteiger partial charge < -0.3 is 14.5 Å². The van der Waals surface area contributed by atoms with Crippen molar-refractivity contribution >= 4 is 22.7 Å². The predicted octanol–water partition coefficient (Wildman–Crippen LogP) is 1.29. The molecule has 0 bridgehead atoms. The molecule has 0 amide bonds. The van der Waals surface area contributed by atoms with Crippen molar-refractivity contribution in [3.8, 4) is 0 Å². The third-order valence-electron chi connectivity index (χ3n) is 4.46. The van der Waals surface area contributed by atoms with Crippen LogP contribution in [0.1, 0.15) is 19.7 Å². The first-order chi connectivity index (χ1) is 11.1. The Morgan fingerprint density at radius 3 is 2.70 bits per heavy atom. The Labute approximate surface area is 136 Å². The van der Waals surface area contributed by atoms with Crippen LogP contribution in [0.3, 0.4) is 0 Å². The highest BCUT2D eigenvalue weighted by Gasteiger charge is 2.25. The standard InChI is InChI=1S/C17H24N4O2/c1-4-21-16(12-23-13(2)22)18-14-6-5-7-15(17(14)21)20-10-8-19(3)9-11-20/h5-7H,4,8-12H2,1-3H3/p+1. The van der Waals surface area contributed by atoms with Crippen LogP contribution < -0.4 is 9.47 Å². The molecule has 6 heteroatoms. The molecule has 1 aromatic carbocycles. The van der Waals surface area contributed by atoms with E-state index in [0.717, 1.165) is 44.1 Å². The van der Waals surface area contributed by atoms with E-state index in [1.165, 1.54) is 18.1 Å². The molecular formula is C17H25N4O2+. The van der Waals surface area contributed by atoms with Gasteiger partial charge in [0, 0.05) is 33.1 Å². The third kappa shape index (κ3) is 3.17. The number of nitrogens with one attached hydrogen (secondary N) is 1. The zero-order valence-electron chi connectivity index (χ0n) is 14.1. The number of benzene rings is 1. The predicted molar refractivity (Wildman–Crippen MR) is 89.3 cm³/mol. The Morgan fingerprint density at radius 1 is 1.30 bits per heavy atom. The summed E-state index contributed by atoms with van der Waals surface area (Å²) in [5, 5.41) is 0. The van der Waals surface area contributed by atoms with Gasteiger partial charge in [-0.15, -0.1) is 0 Å². The number of anilines is 1. The van der Waals surface area contributed by atoms with Gasteiger partial charge in [-0.25, -0.2) is 9.55 Å². The minimum absolute atomic E-state index is 0.259. The number of fused-ring (bicyclic) bond motifs is 1. The van der Waals surface area contributed by atoms with E-state index in [0.29, 0.717) is 0 Å². The first-order valence-corrected chi connectivity index (χ1v) is 8.20. The molecule has 1 fully saturated rings.